The van der Waals surface area contributed by atoms with Crippen LogP contribution in [0.2, 0.25) is 5.02 Å². The number of carbonyl (C=O) groups is 1. The number of anilines is 2. The highest BCUT2D eigenvalue weighted by molar-refractivity contribution is 8.00. The number of aromatic nitrogens is 2. The van der Waals surface area contributed by atoms with Crippen molar-refractivity contribution in [3.63, 3.8) is 0 Å². The fraction of sp³-hybridized carbons (Fsp3) is 0.414. The lowest BCUT2D eigenvalue weighted by molar-refractivity contribution is 0.0758. The van der Waals surface area contributed by atoms with E-state index in [1.54, 1.807) is 0 Å². The molecule has 3 fully saturated rings. The summed E-state index contributed by atoms with van der Waals surface area (Å²) in [5, 5.41) is 6.59. The Hall–Kier alpha value is -2.85. The standard InChI is InChI=1S/C29H32ClN5O3S/c30-21-3-9-24(10-4-21)39-29(11-15-37-16-12-29)25-19-26(35-13-17-38-18-14-35)34-27(33-25)20-1-5-22(6-2-20)31-28(36)32-23-7-8-23/h1-6,9-10,19,23H,7-8,11-18H2,(H2,31,32,36). The number of hydrogen-bond acceptors (Lipinski definition) is 7. The molecule has 1 aromatic heterocycles. The molecule has 0 spiro atoms. The van der Waals surface area contributed by atoms with Crippen molar-refractivity contribution in [2.45, 2.75) is 41.4 Å². The molecule has 3 aromatic rings. The first kappa shape index (κ1) is 26.4. The van der Waals surface area contributed by atoms with Crippen LogP contribution in [0.5, 0.6) is 0 Å². The highest BCUT2D eigenvalue weighted by atomic mass is 35.5. The molecule has 10 heteroatoms. The van der Waals surface area contributed by atoms with Gasteiger partial charge in [0, 0.05) is 59.6 Å². The van der Waals surface area contributed by atoms with Gasteiger partial charge in [-0.3, -0.25) is 0 Å². The molecule has 0 bridgehead atoms. The summed E-state index contributed by atoms with van der Waals surface area (Å²) < 4.78 is 11.1. The van der Waals surface area contributed by atoms with Crippen molar-refractivity contribution >= 4 is 40.9 Å². The van der Waals surface area contributed by atoms with Crippen molar-refractivity contribution in [2.24, 2.45) is 0 Å². The third kappa shape index (κ3) is 6.49. The number of benzene rings is 2. The zero-order valence-corrected chi connectivity index (χ0v) is 23.3. The number of thioether (sulfide) groups is 1. The fourth-order valence-electron chi connectivity index (χ4n) is 4.87. The first-order valence-corrected chi connectivity index (χ1v) is 14.7. The van der Waals surface area contributed by atoms with Gasteiger partial charge in [-0.25, -0.2) is 14.8 Å². The second-order valence-corrected chi connectivity index (χ2v) is 12.0. The Morgan fingerprint density at radius 3 is 2.33 bits per heavy atom. The highest BCUT2D eigenvalue weighted by Crippen LogP contribution is 2.49. The maximum Gasteiger partial charge on any atom is 0.319 e. The van der Waals surface area contributed by atoms with E-state index in [-0.39, 0.29) is 10.8 Å². The van der Waals surface area contributed by atoms with Gasteiger partial charge in [-0.05, 0) is 74.2 Å². The van der Waals surface area contributed by atoms with Crippen molar-refractivity contribution in [3.8, 4) is 11.4 Å². The molecular weight excluding hydrogens is 534 g/mol. The molecule has 2 saturated heterocycles. The Morgan fingerprint density at radius 2 is 1.64 bits per heavy atom. The number of ether oxygens (including phenoxy) is 2. The van der Waals surface area contributed by atoms with Crippen LogP contribution >= 0.6 is 23.4 Å². The van der Waals surface area contributed by atoms with Crippen LogP contribution in [0, 0.1) is 0 Å². The molecule has 2 amide bonds. The van der Waals surface area contributed by atoms with Crippen LogP contribution in [0.4, 0.5) is 16.3 Å². The quantitative estimate of drug-likeness (QED) is 0.379. The van der Waals surface area contributed by atoms with E-state index in [2.05, 4.69) is 33.7 Å². The number of halogens is 1. The molecule has 6 rings (SSSR count). The van der Waals surface area contributed by atoms with Crippen LogP contribution in [-0.4, -0.2) is 61.6 Å². The number of rotatable bonds is 7. The van der Waals surface area contributed by atoms with E-state index in [4.69, 9.17) is 31.0 Å². The van der Waals surface area contributed by atoms with E-state index in [1.807, 2.05) is 48.2 Å². The number of nitrogens with one attached hydrogen (secondary N) is 2. The summed E-state index contributed by atoms with van der Waals surface area (Å²) >= 11 is 8.00. The summed E-state index contributed by atoms with van der Waals surface area (Å²) in [7, 11) is 0. The average molecular weight is 566 g/mol. The minimum absolute atomic E-state index is 0.168. The number of carbonyl (C=O) groups excluding carboxylic acids is 1. The van der Waals surface area contributed by atoms with E-state index in [9.17, 15) is 4.79 Å². The maximum atomic E-state index is 12.2. The van der Waals surface area contributed by atoms with Crippen molar-refractivity contribution in [2.75, 3.05) is 49.7 Å². The lowest BCUT2D eigenvalue weighted by Gasteiger charge is -2.37. The van der Waals surface area contributed by atoms with Crippen LogP contribution < -0.4 is 15.5 Å². The largest absolute Gasteiger partial charge is 0.381 e. The Labute approximate surface area is 237 Å². The molecule has 0 unspecified atom stereocenters. The zero-order valence-electron chi connectivity index (χ0n) is 21.7. The monoisotopic (exact) mass is 565 g/mol. The molecule has 0 radical (unpaired) electrons. The third-order valence-electron chi connectivity index (χ3n) is 7.26. The molecule has 39 heavy (non-hydrogen) atoms. The summed E-state index contributed by atoms with van der Waals surface area (Å²) in [4.78, 5) is 25.8. The molecule has 2 aromatic carbocycles. The van der Waals surface area contributed by atoms with Crippen molar-refractivity contribution in [1.29, 1.82) is 0 Å². The van der Waals surface area contributed by atoms with Gasteiger partial charge in [-0.2, -0.15) is 0 Å². The summed E-state index contributed by atoms with van der Waals surface area (Å²) in [5.74, 6) is 1.58. The molecular formula is C29H32ClN5O3S. The van der Waals surface area contributed by atoms with E-state index in [1.165, 1.54) is 0 Å². The van der Waals surface area contributed by atoms with Gasteiger partial charge in [0.25, 0.3) is 0 Å². The third-order valence-corrected chi connectivity index (χ3v) is 9.02. The van der Waals surface area contributed by atoms with E-state index < -0.39 is 0 Å². The van der Waals surface area contributed by atoms with Crippen LogP contribution in [0.15, 0.2) is 59.5 Å². The predicted molar refractivity (Wildman–Crippen MR) is 155 cm³/mol. The average Bonchev–Trinajstić information content (AvgIpc) is 3.79. The van der Waals surface area contributed by atoms with Gasteiger partial charge >= 0.3 is 6.03 Å². The van der Waals surface area contributed by atoms with Crippen molar-refractivity contribution < 1.29 is 14.3 Å². The van der Waals surface area contributed by atoms with Gasteiger partial charge in [0.15, 0.2) is 5.82 Å². The summed E-state index contributed by atoms with van der Waals surface area (Å²) in [6.45, 7) is 4.28. The second-order valence-electron chi connectivity index (χ2n) is 10.1. The first-order valence-electron chi connectivity index (χ1n) is 13.5. The molecule has 2 aliphatic heterocycles. The number of morpholine rings is 1. The second kappa shape index (κ2) is 11.7. The number of urea groups is 1. The molecule has 204 valence electrons. The van der Waals surface area contributed by atoms with Gasteiger partial charge in [-0.15, -0.1) is 11.8 Å². The van der Waals surface area contributed by atoms with Crippen LogP contribution in [0.1, 0.15) is 31.4 Å². The van der Waals surface area contributed by atoms with E-state index in [0.717, 1.165) is 71.5 Å². The number of nitrogens with zero attached hydrogens (tertiary/aromatic N) is 3. The Bertz CT molecular complexity index is 1290. The van der Waals surface area contributed by atoms with Crippen LogP contribution in [0.3, 0.4) is 0 Å². The Balaban J connectivity index is 1.34. The number of amides is 2. The Kier molecular flexibility index (Phi) is 7.92. The summed E-state index contributed by atoms with van der Waals surface area (Å²) in [5.41, 5.74) is 2.64. The van der Waals surface area contributed by atoms with Gasteiger partial charge in [0.1, 0.15) is 5.82 Å². The zero-order chi connectivity index (χ0) is 26.7. The van der Waals surface area contributed by atoms with E-state index in [0.29, 0.717) is 38.3 Å². The lowest BCUT2D eigenvalue weighted by atomic mass is 9.94. The first-order chi connectivity index (χ1) is 19.1. The normalized spacial score (nSPS) is 18.9. The van der Waals surface area contributed by atoms with Crippen LogP contribution in [-0.2, 0) is 14.2 Å². The van der Waals surface area contributed by atoms with Crippen molar-refractivity contribution in [1.82, 2.24) is 15.3 Å². The fourth-order valence-corrected chi connectivity index (χ4v) is 6.30. The molecule has 3 heterocycles. The summed E-state index contributed by atoms with van der Waals surface area (Å²) in [6, 6.07) is 18.0. The summed E-state index contributed by atoms with van der Waals surface area (Å²) in [6.07, 6.45) is 3.79. The predicted octanol–water partition coefficient (Wildman–Crippen LogP) is 5.72. The van der Waals surface area contributed by atoms with Gasteiger partial charge in [0.2, 0.25) is 0 Å². The SMILES string of the molecule is O=C(Nc1ccc(-c2nc(N3CCOCC3)cc(C3(Sc4ccc(Cl)cc4)CCOCC3)n2)cc1)NC1CC1. The minimum Gasteiger partial charge on any atom is -0.381 e. The van der Waals surface area contributed by atoms with Gasteiger partial charge in [0.05, 0.1) is 23.7 Å². The maximum absolute atomic E-state index is 12.2. The van der Waals surface area contributed by atoms with Gasteiger partial charge in [-0.1, -0.05) is 11.6 Å². The topological polar surface area (TPSA) is 88.6 Å². The molecule has 1 saturated carbocycles. The highest BCUT2D eigenvalue weighted by Gasteiger charge is 2.38. The number of hydrogen-bond donors (Lipinski definition) is 2. The van der Waals surface area contributed by atoms with Gasteiger partial charge < -0.3 is 25.0 Å². The minimum atomic E-state index is -0.257. The van der Waals surface area contributed by atoms with Crippen LogP contribution in [0.25, 0.3) is 11.4 Å². The lowest BCUT2D eigenvalue weighted by Crippen LogP contribution is -2.38. The molecule has 2 N–H and O–H groups in total. The molecule has 1 aliphatic carbocycles. The van der Waals surface area contributed by atoms with E-state index >= 15 is 0 Å². The molecule has 8 nitrogen and oxygen atoms in total. The smallest absolute Gasteiger partial charge is 0.319 e. The Morgan fingerprint density at radius 1 is 0.949 bits per heavy atom. The molecule has 0 atom stereocenters. The molecule has 3 aliphatic rings. The van der Waals surface area contributed by atoms with Crippen molar-refractivity contribution in [3.05, 3.63) is 65.3 Å².